The number of rotatable bonds is 7. The molecular formula is C24H25Cl2N5O5. The van der Waals surface area contributed by atoms with Gasteiger partial charge in [-0.3, -0.25) is 19.4 Å². The van der Waals surface area contributed by atoms with E-state index in [1.165, 1.54) is 17.0 Å². The van der Waals surface area contributed by atoms with Crippen LogP contribution >= 0.6 is 23.2 Å². The van der Waals surface area contributed by atoms with Crippen molar-refractivity contribution < 1.29 is 24.6 Å². The molecule has 2 unspecified atom stereocenters. The van der Waals surface area contributed by atoms with E-state index in [1.54, 1.807) is 18.2 Å². The zero-order valence-corrected chi connectivity index (χ0v) is 20.6. The second-order valence-corrected chi connectivity index (χ2v) is 9.42. The zero-order valence-electron chi connectivity index (χ0n) is 19.1. The van der Waals surface area contributed by atoms with Gasteiger partial charge in [0.1, 0.15) is 5.75 Å². The van der Waals surface area contributed by atoms with Gasteiger partial charge in [0.05, 0.1) is 23.4 Å². The number of anilines is 2. The fourth-order valence-corrected chi connectivity index (χ4v) is 4.70. The Balaban J connectivity index is 1.48. The molecular weight excluding hydrogens is 509 g/mol. The molecule has 2 amide bonds. The number of carboxylic acid groups (broad SMARTS) is 1. The highest BCUT2D eigenvalue weighted by Gasteiger charge is 2.36. The van der Waals surface area contributed by atoms with Gasteiger partial charge in [-0.1, -0.05) is 29.3 Å². The molecule has 2 aromatic rings. The SMILES string of the molecule is O=C(O)CC(NC(=O)C1CC(=O)N(c2cccc(NC3=NCCCN3)c2)C1)c1cc(Cl)cc(Cl)c1O. The van der Waals surface area contributed by atoms with Crippen LogP contribution in [0.15, 0.2) is 41.4 Å². The van der Waals surface area contributed by atoms with E-state index < -0.39 is 30.3 Å². The molecule has 0 aliphatic carbocycles. The molecule has 190 valence electrons. The Morgan fingerprint density at radius 3 is 2.78 bits per heavy atom. The van der Waals surface area contributed by atoms with Crippen LogP contribution in [0.5, 0.6) is 5.75 Å². The van der Waals surface area contributed by atoms with Gasteiger partial charge in [0.25, 0.3) is 0 Å². The summed E-state index contributed by atoms with van der Waals surface area (Å²) in [6.07, 6.45) is 0.417. The number of aliphatic carboxylic acids is 1. The number of carbonyl (C=O) groups is 3. The first-order valence-electron chi connectivity index (χ1n) is 11.4. The van der Waals surface area contributed by atoms with Gasteiger partial charge >= 0.3 is 5.97 Å². The van der Waals surface area contributed by atoms with Crippen molar-refractivity contribution in [1.82, 2.24) is 10.6 Å². The molecule has 36 heavy (non-hydrogen) atoms. The van der Waals surface area contributed by atoms with Crippen molar-refractivity contribution >= 4 is 58.3 Å². The highest BCUT2D eigenvalue weighted by atomic mass is 35.5. The normalized spacial score (nSPS) is 18.3. The molecule has 10 nitrogen and oxygen atoms in total. The smallest absolute Gasteiger partial charge is 0.305 e. The molecule has 0 bridgehead atoms. The number of phenolic OH excluding ortho intramolecular Hbond substituents is 1. The minimum absolute atomic E-state index is 0.0418. The maximum absolute atomic E-state index is 13.1. The van der Waals surface area contributed by atoms with Crippen LogP contribution in [0.4, 0.5) is 11.4 Å². The summed E-state index contributed by atoms with van der Waals surface area (Å²) in [5.74, 6) is -2.35. The van der Waals surface area contributed by atoms with Gasteiger partial charge in [-0.25, -0.2) is 0 Å². The zero-order chi connectivity index (χ0) is 25.8. The number of hydrogen-bond acceptors (Lipinski definition) is 7. The first kappa shape index (κ1) is 25.6. The van der Waals surface area contributed by atoms with Gasteiger partial charge in [-0.15, -0.1) is 0 Å². The Morgan fingerprint density at radius 2 is 2.06 bits per heavy atom. The monoisotopic (exact) mass is 533 g/mol. The summed E-state index contributed by atoms with van der Waals surface area (Å²) < 4.78 is 0. The Hall–Kier alpha value is -3.50. The molecule has 12 heteroatoms. The number of nitrogens with zero attached hydrogens (tertiary/aromatic N) is 2. The van der Waals surface area contributed by atoms with E-state index in [4.69, 9.17) is 23.2 Å². The lowest BCUT2D eigenvalue weighted by Crippen LogP contribution is -2.36. The molecule has 4 rings (SSSR count). The summed E-state index contributed by atoms with van der Waals surface area (Å²) in [5, 5.41) is 28.8. The van der Waals surface area contributed by atoms with Gasteiger partial charge < -0.3 is 31.1 Å². The molecule has 0 aromatic heterocycles. The van der Waals surface area contributed by atoms with Crippen LogP contribution in [-0.4, -0.2) is 53.6 Å². The number of aliphatic imine (C=N–C) groups is 1. The highest BCUT2D eigenvalue weighted by molar-refractivity contribution is 6.35. The van der Waals surface area contributed by atoms with Crippen LogP contribution in [0.1, 0.15) is 30.9 Å². The lowest BCUT2D eigenvalue weighted by atomic mass is 10.0. The number of halogens is 2. The Bertz CT molecular complexity index is 1220. The van der Waals surface area contributed by atoms with Crippen molar-refractivity contribution in [2.24, 2.45) is 10.9 Å². The quantitative estimate of drug-likeness (QED) is 0.367. The third kappa shape index (κ3) is 6.00. The molecule has 2 aromatic carbocycles. The summed E-state index contributed by atoms with van der Waals surface area (Å²) in [4.78, 5) is 43.2. The minimum Gasteiger partial charge on any atom is -0.506 e. The van der Waals surface area contributed by atoms with E-state index in [0.717, 1.165) is 25.2 Å². The van der Waals surface area contributed by atoms with E-state index >= 15 is 0 Å². The average molecular weight is 534 g/mol. The van der Waals surface area contributed by atoms with Crippen molar-refractivity contribution in [2.45, 2.75) is 25.3 Å². The second kappa shape index (κ2) is 11.0. The van der Waals surface area contributed by atoms with Crippen molar-refractivity contribution in [3.05, 3.63) is 52.0 Å². The van der Waals surface area contributed by atoms with Crippen LogP contribution in [0.3, 0.4) is 0 Å². The van der Waals surface area contributed by atoms with Gasteiger partial charge in [-0.05, 0) is 36.8 Å². The number of aromatic hydroxyl groups is 1. The van der Waals surface area contributed by atoms with E-state index in [2.05, 4.69) is 20.9 Å². The largest absolute Gasteiger partial charge is 0.506 e. The average Bonchev–Trinajstić information content (AvgIpc) is 3.23. The fourth-order valence-electron chi connectivity index (χ4n) is 4.19. The van der Waals surface area contributed by atoms with Crippen LogP contribution in [0, 0.1) is 5.92 Å². The third-order valence-corrected chi connectivity index (χ3v) is 6.45. The van der Waals surface area contributed by atoms with Gasteiger partial charge in [0, 0.05) is 48.0 Å². The highest BCUT2D eigenvalue weighted by Crippen LogP contribution is 2.36. The standard InChI is InChI=1S/C24H25Cl2N5O5/c25-14-8-17(22(35)18(26)9-14)19(11-21(33)34)30-23(36)13-7-20(32)31(12-13)16-4-1-3-15(10-16)29-24-27-5-2-6-28-24/h1,3-4,8-10,13,19,35H,2,5-7,11-12H2,(H,30,36)(H,33,34)(H2,27,28,29). The third-order valence-electron chi connectivity index (χ3n) is 5.94. The molecule has 0 spiro atoms. The number of guanidine groups is 1. The maximum atomic E-state index is 13.1. The molecule has 1 fully saturated rings. The number of benzene rings is 2. The lowest BCUT2D eigenvalue weighted by molar-refractivity contribution is -0.138. The van der Waals surface area contributed by atoms with Crippen LogP contribution in [0.2, 0.25) is 10.0 Å². The Morgan fingerprint density at radius 1 is 1.25 bits per heavy atom. The van der Waals surface area contributed by atoms with E-state index in [1.807, 2.05) is 6.07 Å². The molecule has 0 saturated carbocycles. The Kier molecular flexibility index (Phi) is 7.85. The second-order valence-electron chi connectivity index (χ2n) is 8.58. The van der Waals surface area contributed by atoms with E-state index in [0.29, 0.717) is 11.6 Å². The summed E-state index contributed by atoms with van der Waals surface area (Å²) in [7, 11) is 0. The minimum atomic E-state index is -1.19. The van der Waals surface area contributed by atoms with Crippen molar-refractivity contribution in [3.8, 4) is 5.75 Å². The predicted octanol–water partition coefficient (Wildman–Crippen LogP) is 3.15. The number of amides is 2. The number of hydrogen-bond donors (Lipinski definition) is 5. The summed E-state index contributed by atoms with van der Waals surface area (Å²) >= 11 is 12.0. The van der Waals surface area contributed by atoms with Gasteiger partial charge in [0.2, 0.25) is 11.8 Å². The molecule has 1 saturated heterocycles. The molecule has 2 atom stereocenters. The van der Waals surface area contributed by atoms with Crippen molar-refractivity contribution in [3.63, 3.8) is 0 Å². The van der Waals surface area contributed by atoms with E-state index in [-0.39, 0.29) is 40.2 Å². The lowest BCUT2D eigenvalue weighted by Gasteiger charge is -2.22. The molecule has 2 heterocycles. The number of carbonyl (C=O) groups excluding carboxylic acids is 2. The van der Waals surface area contributed by atoms with E-state index in [9.17, 15) is 24.6 Å². The number of phenols is 1. The Labute approximate surface area is 217 Å². The summed E-state index contributed by atoms with van der Waals surface area (Å²) in [6.45, 7) is 1.68. The van der Waals surface area contributed by atoms with Gasteiger partial charge in [-0.2, -0.15) is 0 Å². The van der Waals surface area contributed by atoms with Crippen LogP contribution in [-0.2, 0) is 14.4 Å². The fraction of sp³-hybridized carbons (Fsp3) is 0.333. The topological polar surface area (TPSA) is 143 Å². The first-order valence-corrected chi connectivity index (χ1v) is 12.1. The molecule has 0 radical (unpaired) electrons. The number of carboxylic acids is 1. The maximum Gasteiger partial charge on any atom is 0.305 e. The predicted molar refractivity (Wildman–Crippen MR) is 137 cm³/mol. The van der Waals surface area contributed by atoms with Gasteiger partial charge in [0.15, 0.2) is 5.96 Å². The summed E-state index contributed by atoms with van der Waals surface area (Å²) in [5.41, 5.74) is 1.46. The molecule has 2 aliphatic rings. The summed E-state index contributed by atoms with van der Waals surface area (Å²) in [6, 6.07) is 8.81. The molecule has 2 aliphatic heterocycles. The van der Waals surface area contributed by atoms with Crippen molar-refractivity contribution in [2.75, 3.05) is 29.9 Å². The first-order chi connectivity index (χ1) is 17.2. The van der Waals surface area contributed by atoms with Crippen LogP contribution < -0.4 is 20.9 Å². The van der Waals surface area contributed by atoms with Crippen molar-refractivity contribution in [1.29, 1.82) is 0 Å². The molecule has 5 N–H and O–H groups in total. The van der Waals surface area contributed by atoms with Crippen LogP contribution in [0.25, 0.3) is 0 Å². The number of nitrogens with one attached hydrogen (secondary N) is 3.